The summed E-state index contributed by atoms with van der Waals surface area (Å²) in [6, 6.07) is 9.97. The predicted octanol–water partition coefficient (Wildman–Crippen LogP) is 1.72. The van der Waals surface area contributed by atoms with Crippen molar-refractivity contribution in [1.29, 1.82) is 0 Å². The van der Waals surface area contributed by atoms with E-state index in [1.54, 1.807) is 6.08 Å². The lowest BCUT2D eigenvalue weighted by molar-refractivity contribution is -0.131. The molecule has 5 N–H and O–H groups in total. The average molecular weight is 363 g/mol. The lowest BCUT2D eigenvalue weighted by Crippen LogP contribution is -2.59. The molecule has 134 valence electrons. The molecule has 2 aliphatic heterocycles. The minimum Gasteiger partial charge on any atom is -0.389 e. The van der Waals surface area contributed by atoms with Crippen molar-refractivity contribution >= 4 is 17.5 Å². The first kappa shape index (κ1) is 17.6. The summed E-state index contributed by atoms with van der Waals surface area (Å²) in [5.41, 5.74) is 12.7. The minimum absolute atomic E-state index is 0.0863. The number of rotatable bonds is 5. The molecule has 2 aliphatic rings. The molecule has 1 amide bonds. The molecular formula is C18H23ClN4O2. The predicted molar refractivity (Wildman–Crippen MR) is 96.8 cm³/mol. The van der Waals surface area contributed by atoms with Gasteiger partial charge in [-0.15, -0.1) is 0 Å². The highest BCUT2D eigenvalue weighted by atomic mass is 35.5. The molecule has 25 heavy (non-hydrogen) atoms. The normalized spacial score (nSPS) is 26.6. The van der Waals surface area contributed by atoms with Crippen LogP contribution in [-0.2, 0) is 16.1 Å². The molecule has 0 spiro atoms. The Kier molecular flexibility index (Phi) is 4.92. The van der Waals surface area contributed by atoms with Gasteiger partial charge in [0.1, 0.15) is 16.5 Å². The summed E-state index contributed by atoms with van der Waals surface area (Å²) in [7, 11) is 0. The zero-order chi connectivity index (χ0) is 18.0. The Labute approximate surface area is 152 Å². The molecular weight excluding hydrogens is 340 g/mol. The van der Waals surface area contributed by atoms with E-state index in [-0.39, 0.29) is 23.0 Å². The van der Waals surface area contributed by atoms with E-state index in [0.29, 0.717) is 31.7 Å². The number of fused-ring (bicyclic) bond motifs is 1. The van der Waals surface area contributed by atoms with E-state index in [1.807, 2.05) is 42.2 Å². The van der Waals surface area contributed by atoms with Gasteiger partial charge < -0.3 is 26.4 Å². The molecule has 0 aliphatic carbocycles. The number of hydrogen-bond donors (Lipinski definition) is 3. The third kappa shape index (κ3) is 3.32. The number of nitrogens with one attached hydrogen (secondary N) is 1. The number of carbonyl (C=O) groups excluding carboxylic acids is 1. The molecule has 1 aromatic rings. The lowest BCUT2D eigenvalue weighted by atomic mass is 9.89. The number of nitrogens with two attached hydrogens (primary N) is 2. The van der Waals surface area contributed by atoms with Crippen molar-refractivity contribution in [2.24, 2.45) is 11.5 Å². The molecule has 0 bridgehead atoms. The van der Waals surface area contributed by atoms with Crippen molar-refractivity contribution < 1.29 is 9.53 Å². The molecule has 0 aromatic heterocycles. The molecule has 6 nitrogen and oxygen atoms in total. The summed E-state index contributed by atoms with van der Waals surface area (Å²) in [5.74, 6) is 0.157. The van der Waals surface area contributed by atoms with Crippen LogP contribution in [0, 0.1) is 0 Å². The fourth-order valence-electron chi connectivity index (χ4n) is 3.60. The third-order valence-corrected chi connectivity index (χ3v) is 5.00. The van der Waals surface area contributed by atoms with Crippen LogP contribution in [-0.4, -0.2) is 29.0 Å². The molecule has 2 heterocycles. The van der Waals surface area contributed by atoms with E-state index in [9.17, 15) is 4.79 Å². The summed E-state index contributed by atoms with van der Waals surface area (Å²) >= 11 is 5.85. The van der Waals surface area contributed by atoms with Crippen molar-refractivity contribution in [2.45, 2.75) is 38.0 Å². The van der Waals surface area contributed by atoms with Crippen LogP contribution in [0.4, 0.5) is 0 Å². The molecule has 0 radical (unpaired) electrons. The van der Waals surface area contributed by atoms with Gasteiger partial charge in [-0.2, -0.15) is 0 Å². The van der Waals surface area contributed by atoms with E-state index in [2.05, 4.69) is 5.32 Å². The highest BCUT2D eigenvalue weighted by Gasteiger charge is 2.53. The van der Waals surface area contributed by atoms with E-state index < -0.39 is 5.54 Å². The first-order chi connectivity index (χ1) is 12.0. The number of hydrogen-bond acceptors (Lipinski definition) is 5. The molecule has 7 heteroatoms. The van der Waals surface area contributed by atoms with E-state index in [1.165, 1.54) is 0 Å². The Bertz CT molecular complexity index is 715. The van der Waals surface area contributed by atoms with Crippen LogP contribution >= 0.6 is 11.6 Å². The quantitative estimate of drug-likeness (QED) is 0.693. The Morgan fingerprint density at radius 3 is 2.84 bits per heavy atom. The van der Waals surface area contributed by atoms with Crippen LogP contribution in [0.2, 0.25) is 0 Å². The van der Waals surface area contributed by atoms with Crippen molar-refractivity contribution in [3.63, 3.8) is 0 Å². The van der Waals surface area contributed by atoms with Crippen molar-refractivity contribution in [1.82, 2.24) is 10.2 Å². The largest absolute Gasteiger partial charge is 0.389 e. The van der Waals surface area contributed by atoms with E-state index in [0.717, 1.165) is 5.56 Å². The Morgan fingerprint density at radius 1 is 1.48 bits per heavy atom. The molecule has 2 unspecified atom stereocenters. The average Bonchev–Trinajstić information content (AvgIpc) is 2.98. The number of nitrogens with zero attached hydrogens (tertiary/aromatic N) is 1. The Morgan fingerprint density at radius 2 is 2.20 bits per heavy atom. The first-order valence-electron chi connectivity index (χ1n) is 8.33. The van der Waals surface area contributed by atoms with Gasteiger partial charge in [0.25, 0.3) is 5.91 Å². The summed E-state index contributed by atoms with van der Waals surface area (Å²) in [6.45, 7) is 3.05. The zero-order valence-electron chi connectivity index (χ0n) is 14.2. The number of amides is 1. The maximum absolute atomic E-state index is 12.7. The third-order valence-electron chi connectivity index (χ3n) is 4.89. The van der Waals surface area contributed by atoms with Gasteiger partial charge in [-0.05, 0) is 18.1 Å². The molecule has 0 saturated carbocycles. The highest BCUT2D eigenvalue weighted by Crippen LogP contribution is 2.40. The second-order valence-electron chi connectivity index (χ2n) is 6.40. The van der Waals surface area contributed by atoms with Crippen LogP contribution < -0.4 is 16.8 Å². The van der Waals surface area contributed by atoms with Crippen LogP contribution in [0.5, 0.6) is 0 Å². The van der Waals surface area contributed by atoms with Gasteiger partial charge in [-0.25, -0.2) is 0 Å². The fourth-order valence-corrected chi connectivity index (χ4v) is 3.71. The number of carbonyl (C=O) groups is 1. The van der Waals surface area contributed by atoms with Crippen molar-refractivity contribution in [2.75, 3.05) is 6.54 Å². The number of ether oxygens (including phenoxy) is 1. The molecule has 1 aromatic carbocycles. The van der Waals surface area contributed by atoms with Gasteiger partial charge in [-0.1, -0.05) is 48.9 Å². The van der Waals surface area contributed by atoms with Crippen LogP contribution in [0.3, 0.4) is 0 Å². The fraction of sp³-hybridized carbons (Fsp3) is 0.389. The molecule has 3 rings (SSSR count). The van der Waals surface area contributed by atoms with Gasteiger partial charge in [-0.3, -0.25) is 4.79 Å². The van der Waals surface area contributed by atoms with Gasteiger partial charge in [0.15, 0.2) is 0 Å². The SMILES string of the molecule is CCC12CC(OCc3ccccc3)CN1C(/C=C(\N)Cl)=C(N)NC2=O. The van der Waals surface area contributed by atoms with Crippen molar-refractivity contribution in [3.8, 4) is 0 Å². The van der Waals surface area contributed by atoms with Gasteiger partial charge in [0.05, 0.1) is 18.4 Å². The van der Waals surface area contributed by atoms with Crippen LogP contribution in [0.1, 0.15) is 25.3 Å². The van der Waals surface area contributed by atoms with Crippen LogP contribution in [0.25, 0.3) is 0 Å². The maximum atomic E-state index is 12.7. The van der Waals surface area contributed by atoms with Gasteiger partial charge in [0.2, 0.25) is 0 Å². The molecule has 2 atom stereocenters. The highest BCUT2D eigenvalue weighted by molar-refractivity contribution is 6.29. The number of benzene rings is 1. The van der Waals surface area contributed by atoms with Gasteiger partial charge >= 0.3 is 0 Å². The van der Waals surface area contributed by atoms with Gasteiger partial charge in [0, 0.05) is 13.0 Å². The monoisotopic (exact) mass is 362 g/mol. The summed E-state index contributed by atoms with van der Waals surface area (Å²) in [5, 5.41) is 2.87. The lowest BCUT2D eigenvalue weighted by Gasteiger charge is -2.42. The van der Waals surface area contributed by atoms with Crippen LogP contribution in [0.15, 0.2) is 53.1 Å². The second-order valence-corrected chi connectivity index (χ2v) is 6.84. The second kappa shape index (κ2) is 6.98. The number of halogens is 1. The van der Waals surface area contributed by atoms with E-state index >= 15 is 0 Å². The van der Waals surface area contributed by atoms with E-state index in [4.69, 9.17) is 27.8 Å². The smallest absolute Gasteiger partial charge is 0.251 e. The maximum Gasteiger partial charge on any atom is 0.251 e. The summed E-state index contributed by atoms with van der Waals surface area (Å²) in [6.07, 6.45) is 2.73. The van der Waals surface area contributed by atoms with Crippen molar-refractivity contribution in [3.05, 3.63) is 58.6 Å². The topological polar surface area (TPSA) is 93.6 Å². The Hall–Kier alpha value is -2.18. The molecule has 1 fully saturated rings. The summed E-state index contributed by atoms with van der Waals surface area (Å²) < 4.78 is 6.07. The Balaban J connectivity index is 1.83. The summed E-state index contributed by atoms with van der Waals surface area (Å²) in [4.78, 5) is 14.7. The minimum atomic E-state index is -0.692. The standard InChI is InChI=1S/C18H23ClN4O2/c1-2-18-9-13(25-11-12-6-4-3-5-7-12)10-23(18)14(8-15(19)20)16(21)22-17(18)24/h3-8,13H,2,9-11,20-21H2,1H3,(H,22,24)/b15-8-. The zero-order valence-corrected chi connectivity index (χ0v) is 14.9. The first-order valence-corrected chi connectivity index (χ1v) is 8.71. The molecule has 1 saturated heterocycles. The number of allylic oxidation sites excluding steroid dienone is 1.